The SMILES string of the molecule is CC1Oc2cc(C(C)(C)C)cc(O)c2[C@H]2CC(C(=O)O)=CCC12. The third kappa shape index (κ3) is 2.71. The summed E-state index contributed by atoms with van der Waals surface area (Å²) in [4.78, 5) is 11.3. The Hall–Kier alpha value is -1.97. The second-order valence-corrected chi connectivity index (χ2v) is 7.72. The van der Waals surface area contributed by atoms with E-state index in [0.29, 0.717) is 24.2 Å². The van der Waals surface area contributed by atoms with Gasteiger partial charge in [-0.15, -0.1) is 0 Å². The molecule has 0 bridgehead atoms. The van der Waals surface area contributed by atoms with Crippen molar-refractivity contribution in [2.45, 2.75) is 58.0 Å². The molecule has 3 atom stereocenters. The molecule has 4 heteroatoms. The number of aliphatic carboxylic acids is 1. The number of aromatic hydroxyl groups is 1. The maximum atomic E-state index is 11.3. The van der Waals surface area contributed by atoms with E-state index in [1.807, 2.05) is 13.0 Å². The van der Waals surface area contributed by atoms with E-state index in [1.54, 1.807) is 12.1 Å². The van der Waals surface area contributed by atoms with Gasteiger partial charge in [0, 0.05) is 23.0 Å². The van der Waals surface area contributed by atoms with Crippen LogP contribution in [0.5, 0.6) is 11.5 Å². The molecule has 1 heterocycles. The Balaban J connectivity index is 2.08. The van der Waals surface area contributed by atoms with Gasteiger partial charge in [-0.1, -0.05) is 26.8 Å². The van der Waals surface area contributed by atoms with Gasteiger partial charge in [-0.3, -0.25) is 0 Å². The summed E-state index contributed by atoms with van der Waals surface area (Å²) in [6.45, 7) is 8.31. The van der Waals surface area contributed by atoms with Crippen molar-refractivity contribution in [3.05, 3.63) is 34.9 Å². The topological polar surface area (TPSA) is 66.8 Å². The van der Waals surface area contributed by atoms with Gasteiger partial charge in [-0.05, 0) is 42.9 Å². The number of rotatable bonds is 1. The molecule has 2 aliphatic rings. The summed E-state index contributed by atoms with van der Waals surface area (Å²) < 4.78 is 6.08. The summed E-state index contributed by atoms with van der Waals surface area (Å²) in [5.41, 5.74) is 2.14. The van der Waals surface area contributed by atoms with Gasteiger partial charge < -0.3 is 14.9 Å². The molecule has 0 radical (unpaired) electrons. The maximum Gasteiger partial charge on any atom is 0.331 e. The lowest BCUT2D eigenvalue weighted by molar-refractivity contribution is -0.133. The minimum atomic E-state index is -0.866. The molecule has 2 N–H and O–H groups in total. The highest BCUT2D eigenvalue weighted by molar-refractivity contribution is 5.87. The molecule has 0 saturated carbocycles. The number of allylic oxidation sites excluding steroid dienone is 1. The number of phenolic OH excluding ortho intramolecular Hbond substituents is 1. The number of carbonyl (C=O) groups is 1. The first-order valence-electron chi connectivity index (χ1n) is 8.15. The lowest BCUT2D eigenvalue weighted by Gasteiger charge is -2.41. The van der Waals surface area contributed by atoms with Crippen molar-refractivity contribution in [1.29, 1.82) is 0 Å². The molecule has 1 aromatic rings. The monoisotopic (exact) mass is 316 g/mol. The fourth-order valence-electron chi connectivity index (χ4n) is 3.73. The Labute approximate surface area is 136 Å². The second kappa shape index (κ2) is 5.29. The predicted octanol–water partition coefficient (Wildman–Crippen LogP) is 3.98. The Morgan fingerprint density at radius 2 is 2.00 bits per heavy atom. The molecule has 0 amide bonds. The van der Waals surface area contributed by atoms with Crippen LogP contribution in [0.3, 0.4) is 0 Å². The highest BCUT2D eigenvalue weighted by atomic mass is 16.5. The van der Waals surface area contributed by atoms with E-state index >= 15 is 0 Å². The zero-order valence-corrected chi connectivity index (χ0v) is 14.1. The van der Waals surface area contributed by atoms with Gasteiger partial charge in [0.05, 0.1) is 6.10 Å². The average Bonchev–Trinajstić information content (AvgIpc) is 2.45. The zero-order chi connectivity index (χ0) is 16.9. The van der Waals surface area contributed by atoms with E-state index in [1.165, 1.54) is 0 Å². The molecule has 2 unspecified atom stereocenters. The van der Waals surface area contributed by atoms with Crippen LogP contribution in [0.4, 0.5) is 0 Å². The summed E-state index contributed by atoms with van der Waals surface area (Å²) in [5, 5.41) is 19.9. The highest BCUT2D eigenvalue weighted by Crippen LogP contribution is 2.51. The average molecular weight is 316 g/mol. The van der Waals surface area contributed by atoms with Crippen molar-refractivity contribution in [3.8, 4) is 11.5 Å². The first-order valence-corrected chi connectivity index (χ1v) is 8.15. The Kier molecular flexibility index (Phi) is 3.66. The summed E-state index contributed by atoms with van der Waals surface area (Å²) in [7, 11) is 0. The minimum Gasteiger partial charge on any atom is -0.508 e. The normalized spacial score (nSPS) is 26.6. The van der Waals surface area contributed by atoms with Crippen LogP contribution in [-0.2, 0) is 10.2 Å². The smallest absolute Gasteiger partial charge is 0.331 e. The molecule has 0 fully saturated rings. The second-order valence-electron chi connectivity index (χ2n) is 7.72. The molecule has 124 valence electrons. The molecule has 0 aromatic heterocycles. The largest absolute Gasteiger partial charge is 0.508 e. The van der Waals surface area contributed by atoms with Gasteiger partial charge >= 0.3 is 5.97 Å². The molecule has 4 nitrogen and oxygen atoms in total. The molecule has 1 aliphatic carbocycles. The Morgan fingerprint density at radius 1 is 1.30 bits per heavy atom. The lowest BCUT2D eigenvalue weighted by atomic mass is 9.71. The van der Waals surface area contributed by atoms with Crippen LogP contribution < -0.4 is 4.74 Å². The van der Waals surface area contributed by atoms with Gasteiger partial charge in [-0.2, -0.15) is 0 Å². The molecule has 1 aromatic carbocycles. The predicted molar refractivity (Wildman–Crippen MR) is 88.1 cm³/mol. The third-order valence-electron chi connectivity index (χ3n) is 5.14. The fourth-order valence-corrected chi connectivity index (χ4v) is 3.73. The number of benzene rings is 1. The molecule has 0 saturated heterocycles. The van der Waals surface area contributed by atoms with Crippen LogP contribution in [0.15, 0.2) is 23.8 Å². The van der Waals surface area contributed by atoms with Crippen LogP contribution in [0.1, 0.15) is 57.6 Å². The van der Waals surface area contributed by atoms with Gasteiger partial charge in [0.25, 0.3) is 0 Å². The quantitative estimate of drug-likeness (QED) is 0.822. The molecule has 3 rings (SSSR count). The first-order chi connectivity index (χ1) is 10.7. The standard InChI is InChI=1S/C19H24O4/c1-10-13-6-5-11(18(21)22)7-14(13)17-15(20)8-12(19(2,3)4)9-16(17)23-10/h5,8-10,13-14,20H,6-7H2,1-4H3,(H,21,22)/t10?,13?,14-/m0/s1. The maximum absolute atomic E-state index is 11.3. The van der Waals surface area contributed by atoms with E-state index in [4.69, 9.17) is 4.74 Å². The summed E-state index contributed by atoms with van der Waals surface area (Å²) in [6.07, 6.45) is 2.93. The van der Waals surface area contributed by atoms with E-state index in [0.717, 1.165) is 11.1 Å². The van der Waals surface area contributed by atoms with Crippen LogP contribution in [0.2, 0.25) is 0 Å². The van der Waals surface area contributed by atoms with Gasteiger partial charge in [0.2, 0.25) is 0 Å². The van der Waals surface area contributed by atoms with Crippen molar-refractivity contribution in [2.75, 3.05) is 0 Å². The Morgan fingerprint density at radius 3 is 2.61 bits per heavy atom. The lowest BCUT2D eigenvalue weighted by Crippen LogP contribution is -2.36. The van der Waals surface area contributed by atoms with Crippen molar-refractivity contribution >= 4 is 5.97 Å². The number of carboxylic acids is 1. The Bertz CT molecular complexity index is 681. The molecule has 1 aliphatic heterocycles. The van der Waals surface area contributed by atoms with E-state index < -0.39 is 5.97 Å². The first kappa shape index (κ1) is 15.9. The highest BCUT2D eigenvalue weighted by Gasteiger charge is 2.41. The minimum absolute atomic E-state index is 0.00105. The van der Waals surface area contributed by atoms with Gasteiger partial charge in [0.15, 0.2) is 0 Å². The number of hydrogen-bond acceptors (Lipinski definition) is 3. The summed E-state index contributed by atoms with van der Waals surface area (Å²) in [5.74, 6) is 0.266. The van der Waals surface area contributed by atoms with Crippen molar-refractivity contribution in [2.24, 2.45) is 5.92 Å². The number of ether oxygens (including phenoxy) is 1. The molecule has 23 heavy (non-hydrogen) atoms. The number of phenols is 1. The van der Waals surface area contributed by atoms with Crippen LogP contribution in [0, 0.1) is 5.92 Å². The number of fused-ring (bicyclic) bond motifs is 3. The molecular formula is C19H24O4. The zero-order valence-electron chi connectivity index (χ0n) is 14.1. The molecule has 0 spiro atoms. The summed E-state index contributed by atoms with van der Waals surface area (Å²) in [6, 6.07) is 3.80. The van der Waals surface area contributed by atoms with Crippen molar-refractivity contribution < 1.29 is 19.7 Å². The number of hydrogen-bond donors (Lipinski definition) is 2. The van der Waals surface area contributed by atoms with Gasteiger partial charge in [-0.25, -0.2) is 4.79 Å². The van der Waals surface area contributed by atoms with Crippen molar-refractivity contribution in [1.82, 2.24) is 0 Å². The van der Waals surface area contributed by atoms with E-state index in [2.05, 4.69) is 20.8 Å². The third-order valence-corrected chi connectivity index (χ3v) is 5.14. The van der Waals surface area contributed by atoms with Gasteiger partial charge in [0.1, 0.15) is 11.5 Å². The van der Waals surface area contributed by atoms with Crippen LogP contribution in [0.25, 0.3) is 0 Å². The van der Waals surface area contributed by atoms with Crippen molar-refractivity contribution in [3.63, 3.8) is 0 Å². The molecular weight excluding hydrogens is 292 g/mol. The summed E-state index contributed by atoms with van der Waals surface area (Å²) >= 11 is 0. The fraction of sp³-hybridized carbons (Fsp3) is 0.526. The van der Waals surface area contributed by atoms with E-state index in [-0.39, 0.29) is 29.1 Å². The number of carboxylic acid groups (broad SMARTS) is 1. The van der Waals surface area contributed by atoms with Crippen LogP contribution >= 0.6 is 0 Å². The van der Waals surface area contributed by atoms with E-state index in [9.17, 15) is 15.0 Å². The van der Waals surface area contributed by atoms with Crippen LogP contribution in [-0.4, -0.2) is 22.3 Å².